The molecule has 1 N–H and O–H groups in total. The fraction of sp³-hybridized carbons (Fsp3) is 0.750. The Morgan fingerprint density at radius 3 is 2.65 bits per heavy atom. The van der Waals surface area contributed by atoms with Gasteiger partial charge in [0, 0.05) is 31.6 Å². The Hall–Kier alpha value is -1.32. The van der Waals surface area contributed by atoms with Gasteiger partial charge in [0.15, 0.2) is 0 Å². The smallest absolute Gasteiger partial charge is 0.134 e. The van der Waals surface area contributed by atoms with Gasteiger partial charge < -0.3 is 10.2 Å². The normalized spacial score (nSPS) is 26.6. The Morgan fingerprint density at radius 1 is 1.25 bits per heavy atom. The Bertz CT molecular complexity index is 446. The third kappa shape index (κ3) is 3.22. The first-order valence-corrected chi connectivity index (χ1v) is 7.93. The Balaban J connectivity index is 2.32. The lowest BCUT2D eigenvalue weighted by molar-refractivity contribution is 0.295. The SMILES string of the molecule is CCNc1cc(N2CC(C)CC(C)C2C)nc(CC)n1. The fourth-order valence-electron chi connectivity index (χ4n) is 3.08. The van der Waals surface area contributed by atoms with Gasteiger partial charge in [-0.3, -0.25) is 0 Å². The van der Waals surface area contributed by atoms with Crippen LogP contribution in [0.1, 0.15) is 46.9 Å². The van der Waals surface area contributed by atoms with E-state index in [2.05, 4.69) is 55.9 Å². The second-order valence-corrected chi connectivity index (χ2v) is 6.12. The molecule has 20 heavy (non-hydrogen) atoms. The van der Waals surface area contributed by atoms with E-state index >= 15 is 0 Å². The first kappa shape index (κ1) is 15.1. The standard InChI is InChI=1S/C16H28N4/c1-6-14-18-15(17-7-2)9-16(19-14)20-10-11(3)8-12(4)13(20)5/h9,11-13H,6-8,10H2,1-5H3,(H,17,18,19). The van der Waals surface area contributed by atoms with Crippen LogP contribution in [0, 0.1) is 11.8 Å². The van der Waals surface area contributed by atoms with Crippen molar-refractivity contribution in [2.45, 2.75) is 53.5 Å². The van der Waals surface area contributed by atoms with E-state index in [0.29, 0.717) is 12.0 Å². The van der Waals surface area contributed by atoms with Gasteiger partial charge in [-0.05, 0) is 32.1 Å². The average molecular weight is 276 g/mol. The number of aryl methyl sites for hydroxylation is 1. The molecule has 0 spiro atoms. The Kier molecular flexibility index (Phi) is 4.84. The van der Waals surface area contributed by atoms with E-state index in [1.165, 1.54) is 6.42 Å². The molecular formula is C16H28N4. The molecule has 2 heterocycles. The lowest BCUT2D eigenvalue weighted by atomic mass is 9.86. The molecule has 112 valence electrons. The predicted molar refractivity (Wildman–Crippen MR) is 85.3 cm³/mol. The van der Waals surface area contributed by atoms with Crippen LogP contribution in [0.15, 0.2) is 6.07 Å². The molecule has 0 aromatic carbocycles. The lowest BCUT2D eigenvalue weighted by Gasteiger charge is -2.42. The largest absolute Gasteiger partial charge is 0.370 e. The molecule has 0 bridgehead atoms. The van der Waals surface area contributed by atoms with Crippen LogP contribution in [0.25, 0.3) is 0 Å². The number of nitrogens with zero attached hydrogens (tertiary/aromatic N) is 3. The number of anilines is 2. The summed E-state index contributed by atoms with van der Waals surface area (Å²) in [6.45, 7) is 13.2. The molecule has 3 unspecified atom stereocenters. The summed E-state index contributed by atoms with van der Waals surface area (Å²) in [5, 5.41) is 3.32. The van der Waals surface area contributed by atoms with Crippen molar-refractivity contribution in [2.75, 3.05) is 23.3 Å². The van der Waals surface area contributed by atoms with Crippen molar-refractivity contribution in [3.8, 4) is 0 Å². The summed E-state index contributed by atoms with van der Waals surface area (Å²) >= 11 is 0. The molecule has 1 saturated heterocycles. The quantitative estimate of drug-likeness (QED) is 0.915. The third-order valence-corrected chi connectivity index (χ3v) is 4.32. The highest BCUT2D eigenvalue weighted by molar-refractivity contribution is 5.50. The van der Waals surface area contributed by atoms with Gasteiger partial charge in [0.25, 0.3) is 0 Å². The van der Waals surface area contributed by atoms with E-state index < -0.39 is 0 Å². The number of nitrogens with one attached hydrogen (secondary N) is 1. The van der Waals surface area contributed by atoms with Gasteiger partial charge in [0.2, 0.25) is 0 Å². The zero-order valence-corrected chi connectivity index (χ0v) is 13.5. The lowest BCUT2D eigenvalue weighted by Crippen LogP contribution is -2.46. The molecule has 2 rings (SSSR count). The first-order chi connectivity index (χ1) is 9.55. The van der Waals surface area contributed by atoms with Crippen molar-refractivity contribution in [1.29, 1.82) is 0 Å². The average Bonchev–Trinajstić information content (AvgIpc) is 2.42. The second kappa shape index (κ2) is 6.42. The number of hydrogen-bond acceptors (Lipinski definition) is 4. The molecule has 1 aromatic rings. The maximum Gasteiger partial charge on any atom is 0.134 e. The Morgan fingerprint density at radius 2 is 2.00 bits per heavy atom. The van der Waals surface area contributed by atoms with Crippen molar-refractivity contribution in [3.63, 3.8) is 0 Å². The van der Waals surface area contributed by atoms with Gasteiger partial charge in [-0.15, -0.1) is 0 Å². The van der Waals surface area contributed by atoms with Crippen LogP contribution in [0.2, 0.25) is 0 Å². The minimum absolute atomic E-state index is 0.542. The number of hydrogen-bond donors (Lipinski definition) is 1. The summed E-state index contributed by atoms with van der Waals surface area (Å²) in [6, 6.07) is 2.64. The van der Waals surface area contributed by atoms with E-state index in [9.17, 15) is 0 Å². The van der Waals surface area contributed by atoms with Crippen LogP contribution < -0.4 is 10.2 Å². The molecule has 1 fully saturated rings. The summed E-state index contributed by atoms with van der Waals surface area (Å²) in [4.78, 5) is 11.8. The number of aromatic nitrogens is 2. The molecule has 0 aliphatic carbocycles. The van der Waals surface area contributed by atoms with Crippen LogP contribution in [0.5, 0.6) is 0 Å². The summed E-state index contributed by atoms with van der Waals surface area (Å²) in [5.74, 6) is 4.40. The molecule has 0 radical (unpaired) electrons. The summed E-state index contributed by atoms with van der Waals surface area (Å²) in [5.41, 5.74) is 0. The predicted octanol–water partition coefficient (Wildman–Crippen LogP) is 3.34. The van der Waals surface area contributed by atoms with Gasteiger partial charge in [0.1, 0.15) is 17.5 Å². The molecule has 0 saturated carbocycles. The fourth-order valence-corrected chi connectivity index (χ4v) is 3.08. The highest BCUT2D eigenvalue weighted by Crippen LogP contribution is 2.31. The molecule has 3 atom stereocenters. The molecule has 1 aliphatic heterocycles. The van der Waals surface area contributed by atoms with Crippen LogP contribution in [0.4, 0.5) is 11.6 Å². The highest BCUT2D eigenvalue weighted by Gasteiger charge is 2.30. The van der Waals surface area contributed by atoms with Gasteiger partial charge in [-0.25, -0.2) is 9.97 Å². The highest BCUT2D eigenvalue weighted by atomic mass is 15.2. The van der Waals surface area contributed by atoms with Gasteiger partial charge in [-0.1, -0.05) is 20.8 Å². The van der Waals surface area contributed by atoms with E-state index in [-0.39, 0.29) is 0 Å². The van der Waals surface area contributed by atoms with E-state index in [0.717, 1.165) is 42.9 Å². The molecule has 4 nitrogen and oxygen atoms in total. The number of piperidine rings is 1. The molecule has 4 heteroatoms. The van der Waals surface area contributed by atoms with E-state index in [1.54, 1.807) is 0 Å². The summed E-state index contributed by atoms with van der Waals surface area (Å²) in [6.07, 6.45) is 2.18. The maximum atomic E-state index is 4.75. The van der Waals surface area contributed by atoms with Crippen molar-refractivity contribution >= 4 is 11.6 Å². The second-order valence-electron chi connectivity index (χ2n) is 6.12. The molecule has 0 amide bonds. The Labute approximate surface area is 123 Å². The molecule has 1 aromatic heterocycles. The third-order valence-electron chi connectivity index (χ3n) is 4.32. The summed E-state index contributed by atoms with van der Waals surface area (Å²) in [7, 11) is 0. The monoisotopic (exact) mass is 276 g/mol. The minimum atomic E-state index is 0.542. The summed E-state index contributed by atoms with van der Waals surface area (Å²) < 4.78 is 0. The van der Waals surface area contributed by atoms with Crippen molar-refractivity contribution in [1.82, 2.24) is 9.97 Å². The topological polar surface area (TPSA) is 41.0 Å². The minimum Gasteiger partial charge on any atom is -0.370 e. The van der Waals surface area contributed by atoms with Crippen LogP contribution in [0.3, 0.4) is 0 Å². The van der Waals surface area contributed by atoms with Crippen LogP contribution in [-0.2, 0) is 6.42 Å². The van der Waals surface area contributed by atoms with Crippen molar-refractivity contribution in [3.05, 3.63) is 11.9 Å². The van der Waals surface area contributed by atoms with Crippen LogP contribution >= 0.6 is 0 Å². The van der Waals surface area contributed by atoms with E-state index in [1.807, 2.05) is 0 Å². The molecule has 1 aliphatic rings. The molecular weight excluding hydrogens is 248 g/mol. The van der Waals surface area contributed by atoms with Gasteiger partial charge in [-0.2, -0.15) is 0 Å². The van der Waals surface area contributed by atoms with Gasteiger partial charge >= 0.3 is 0 Å². The zero-order valence-electron chi connectivity index (χ0n) is 13.5. The van der Waals surface area contributed by atoms with Crippen LogP contribution in [-0.4, -0.2) is 29.1 Å². The maximum absolute atomic E-state index is 4.75. The zero-order chi connectivity index (χ0) is 14.7. The number of rotatable bonds is 4. The first-order valence-electron chi connectivity index (χ1n) is 7.93. The van der Waals surface area contributed by atoms with Crippen molar-refractivity contribution in [2.24, 2.45) is 11.8 Å². The van der Waals surface area contributed by atoms with E-state index in [4.69, 9.17) is 4.98 Å². The van der Waals surface area contributed by atoms with Crippen molar-refractivity contribution < 1.29 is 0 Å². The van der Waals surface area contributed by atoms with Gasteiger partial charge in [0.05, 0.1) is 0 Å².